The molecule has 1 aromatic heterocycles. The summed E-state index contributed by atoms with van der Waals surface area (Å²) in [5.74, 6) is 0.680. The number of hydrogen-bond donors (Lipinski definition) is 2. The van der Waals surface area contributed by atoms with Crippen molar-refractivity contribution in [3.63, 3.8) is 0 Å². The summed E-state index contributed by atoms with van der Waals surface area (Å²) in [6, 6.07) is 23.2. The van der Waals surface area contributed by atoms with Crippen molar-refractivity contribution in [2.75, 3.05) is 0 Å². The molecule has 1 heterocycles. The molecule has 0 aliphatic rings. The molecule has 0 fully saturated rings. The van der Waals surface area contributed by atoms with Gasteiger partial charge in [0, 0.05) is 22.7 Å². The van der Waals surface area contributed by atoms with Crippen molar-refractivity contribution in [1.29, 1.82) is 0 Å². The molecule has 12 heteroatoms. The second-order valence-electron chi connectivity index (χ2n) is 6.72. The summed E-state index contributed by atoms with van der Waals surface area (Å²) in [7, 11) is -9.73. The number of hydrogen-bond acceptors (Lipinski definition) is 3. The number of primary sulfonamides is 1. The summed E-state index contributed by atoms with van der Waals surface area (Å²) in [6.45, 7) is 0. The molecule has 0 spiro atoms. The molecule has 172 valence electrons. The first kappa shape index (κ1) is 24.5. The maximum absolute atomic E-state index is 11.4. The minimum atomic E-state index is -6.00. The fraction of sp³-hybridized carbons (Fsp3) is 0. The van der Waals surface area contributed by atoms with Crippen molar-refractivity contribution < 1.29 is 35.1 Å². The van der Waals surface area contributed by atoms with Gasteiger partial charge < -0.3 is 21.7 Å². The third kappa shape index (κ3) is 7.17. The molecule has 0 unspecified atom stereocenters. The van der Waals surface area contributed by atoms with Crippen LogP contribution in [0.25, 0.3) is 22.3 Å². The molecule has 0 aliphatic carbocycles. The lowest BCUT2D eigenvalue weighted by Gasteiger charge is -2.03. The van der Waals surface area contributed by atoms with Crippen LogP contribution in [-0.2, 0) is 10.0 Å². The van der Waals surface area contributed by atoms with Gasteiger partial charge in [0.05, 0.1) is 16.3 Å². The maximum Gasteiger partial charge on any atom is 0.673 e. The van der Waals surface area contributed by atoms with Gasteiger partial charge in [0.15, 0.2) is 0 Å². The Balaban J connectivity index is 0.000000555. The van der Waals surface area contributed by atoms with Crippen LogP contribution >= 0.6 is 11.6 Å². The van der Waals surface area contributed by atoms with Crippen LogP contribution in [0.1, 0.15) is 0 Å². The summed E-state index contributed by atoms with van der Waals surface area (Å²) in [4.78, 5) is 3.39. The molecule has 0 amide bonds. The van der Waals surface area contributed by atoms with Gasteiger partial charge in [-0.1, -0.05) is 23.7 Å². The zero-order valence-corrected chi connectivity index (χ0v) is 18.3. The fourth-order valence-corrected chi connectivity index (χ4v) is 3.52. The van der Waals surface area contributed by atoms with E-state index >= 15 is 0 Å². The third-order valence-corrected chi connectivity index (χ3v) is 5.44. The topological polar surface area (TPSA) is 87.3 Å². The second-order valence-corrected chi connectivity index (χ2v) is 8.71. The smallest absolute Gasteiger partial charge is 0.456 e. The molecule has 4 aromatic rings. The average Bonchev–Trinajstić information content (AvgIpc) is 2.73. The number of rotatable bonds is 3. The van der Waals surface area contributed by atoms with Crippen LogP contribution in [-0.4, -0.2) is 15.7 Å². The van der Waals surface area contributed by atoms with Crippen LogP contribution in [0.15, 0.2) is 88.2 Å². The van der Waals surface area contributed by atoms with Crippen molar-refractivity contribution >= 4 is 45.5 Å². The Labute approximate surface area is 191 Å². The van der Waals surface area contributed by atoms with E-state index in [0.29, 0.717) is 10.8 Å². The molecule has 0 radical (unpaired) electrons. The van der Waals surface area contributed by atoms with Gasteiger partial charge in [-0.15, -0.1) is 0 Å². The molecule has 0 saturated heterocycles. The van der Waals surface area contributed by atoms with Crippen molar-refractivity contribution in [3.05, 3.63) is 89.2 Å². The molecule has 0 bridgehead atoms. The minimum Gasteiger partial charge on any atom is -0.456 e. The first-order valence-corrected chi connectivity index (χ1v) is 11.2. The lowest BCUT2D eigenvalue weighted by atomic mass is 10.1. The van der Waals surface area contributed by atoms with Gasteiger partial charge in [0.2, 0.25) is 21.1 Å². The first-order chi connectivity index (χ1) is 15.4. The van der Waals surface area contributed by atoms with Gasteiger partial charge in [-0.3, -0.25) is 0 Å². The van der Waals surface area contributed by atoms with Crippen LogP contribution in [0.2, 0.25) is 5.02 Å². The van der Waals surface area contributed by atoms with Crippen LogP contribution in [0.4, 0.5) is 23.0 Å². The summed E-state index contributed by atoms with van der Waals surface area (Å²) in [5.41, 5.74) is 2.34. The van der Waals surface area contributed by atoms with Gasteiger partial charge in [-0.05, 0) is 48.5 Å². The van der Waals surface area contributed by atoms with Crippen LogP contribution < -0.4 is 15.5 Å². The minimum absolute atomic E-state index is 0.0628. The number of halogens is 5. The van der Waals surface area contributed by atoms with E-state index in [4.69, 9.17) is 21.2 Å². The predicted molar refractivity (Wildman–Crippen MR) is 118 cm³/mol. The van der Waals surface area contributed by atoms with E-state index in [1.54, 1.807) is 24.3 Å². The van der Waals surface area contributed by atoms with E-state index in [1.165, 1.54) is 12.1 Å². The van der Waals surface area contributed by atoms with Crippen molar-refractivity contribution in [1.82, 2.24) is 0 Å². The number of fused-ring (bicyclic) bond motifs is 1. The lowest BCUT2D eigenvalue weighted by Crippen LogP contribution is -2.70. The van der Waals surface area contributed by atoms with Crippen molar-refractivity contribution in [3.8, 4) is 11.3 Å². The number of para-hydroxylation sites is 1. The molecule has 5 nitrogen and oxygen atoms in total. The molecule has 3 N–H and O–H groups in total. The Kier molecular flexibility index (Phi) is 7.26. The Morgan fingerprint density at radius 2 is 1.45 bits per heavy atom. The van der Waals surface area contributed by atoms with Crippen LogP contribution in [0, 0.1) is 0 Å². The Bertz CT molecular complexity index is 1430. The fourth-order valence-electron chi connectivity index (χ4n) is 2.88. The van der Waals surface area contributed by atoms with E-state index < -0.39 is 17.3 Å². The standard InChI is InChI=1S/C21H15ClN2O3S.BF4/c22-15-7-5-14(6-8-15)21-13-19(18-3-1-2-4-20(18)27-21)24-16-9-11-17(12-10-16)28(23,25)26;2-1(3,4)5/h1-13H,(H2,23,25,26);/q;-1/p+1. The number of nitrogens with two attached hydrogens (primary N) is 1. The molecule has 4 rings (SSSR count). The summed E-state index contributed by atoms with van der Waals surface area (Å²) < 4.78 is 67.9. The quantitative estimate of drug-likeness (QED) is 0.330. The third-order valence-electron chi connectivity index (χ3n) is 4.26. The molecule has 33 heavy (non-hydrogen) atoms. The van der Waals surface area contributed by atoms with Crippen molar-refractivity contribution in [2.45, 2.75) is 4.90 Å². The van der Waals surface area contributed by atoms with E-state index in [2.05, 4.69) is 4.99 Å². The van der Waals surface area contributed by atoms with Gasteiger partial charge in [-0.2, -0.15) is 0 Å². The molecule has 0 saturated carbocycles. The summed E-state index contributed by atoms with van der Waals surface area (Å²) in [5, 5.41) is 7.54. The maximum atomic E-state index is 11.4. The zero-order chi connectivity index (χ0) is 24.2. The summed E-state index contributed by atoms with van der Waals surface area (Å²) in [6.07, 6.45) is 0. The SMILES string of the molecule is F[B-](F)(F)F.NS(=O)(=O)c1ccc([NH+]=c2cc(-c3ccc(Cl)cc3)oc3ccccc23)cc1. The van der Waals surface area contributed by atoms with Gasteiger partial charge in [0.1, 0.15) is 11.3 Å². The Hall–Kier alpha value is -3.15. The Morgan fingerprint density at radius 1 is 0.879 bits per heavy atom. The zero-order valence-electron chi connectivity index (χ0n) is 16.7. The monoisotopic (exact) mass is 498 g/mol. The number of sulfonamides is 1. The lowest BCUT2D eigenvalue weighted by molar-refractivity contribution is -0.400. The van der Waals surface area contributed by atoms with Crippen molar-refractivity contribution in [2.24, 2.45) is 5.14 Å². The van der Waals surface area contributed by atoms with Crippen LogP contribution in [0.5, 0.6) is 0 Å². The highest BCUT2D eigenvalue weighted by Crippen LogP contribution is 2.23. The number of benzene rings is 3. The first-order valence-electron chi connectivity index (χ1n) is 9.29. The molecule has 3 aromatic carbocycles. The Morgan fingerprint density at radius 3 is 2.03 bits per heavy atom. The molecular weight excluding hydrogens is 483 g/mol. The largest absolute Gasteiger partial charge is 0.673 e. The highest BCUT2D eigenvalue weighted by atomic mass is 35.5. The van der Waals surface area contributed by atoms with Gasteiger partial charge in [0.25, 0.3) is 0 Å². The van der Waals surface area contributed by atoms with E-state index in [9.17, 15) is 25.7 Å². The average molecular weight is 499 g/mol. The van der Waals surface area contributed by atoms with E-state index in [1.807, 2.05) is 42.5 Å². The van der Waals surface area contributed by atoms with E-state index in [-0.39, 0.29) is 4.90 Å². The van der Waals surface area contributed by atoms with E-state index in [0.717, 1.165) is 27.6 Å². The second kappa shape index (κ2) is 9.78. The molecule has 0 aliphatic heterocycles. The van der Waals surface area contributed by atoms with Gasteiger partial charge in [-0.25, -0.2) is 18.5 Å². The highest BCUT2D eigenvalue weighted by molar-refractivity contribution is 7.89. The summed E-state index contributed by atoms with van der Waals surface area (Å²) >= 11 is 5.98. The number of nitrogens with one attached hydrogen (secondary N) is 1. The van der Waals surface area contributed by atoms with Gasteiger partial charge >= 0.3 is 7.25 Å². The normalized spacial score (nSPS) is 12.4. The van der Waals surface area contributed by atoms with Crippen LogP contribution in [0.3, 0.4) is 0 Å². The predicted octanol–water partition coefficient (Wildman–Crippen LogP) is 4.01. The highest BCUT2D eigenvalue weighted by Gasteiger charge is 2.20. The molecular formula is C21H16BClF4N2O3S. The molecule has 0 atom stereocenters.